The van der Waals surface area contributed by atoms with E-state index in [2.05, 4.69) is 0 Å². The minimum Gasteiger partial charge on any atom is -0.489 e. The van der Waals surface area contributed by atoms with Gasteiger partial charge < -0.3 is 9.47 Å². The predicted octanol–water partition coefficient (Wildman–Crippen LogP) is 6.71. The number of benzene rings is 3. The second-order valence-electron chi connectivity index (χ2n) is 6.84. The number of ether oxygens (including phenoxy) is 2. The van der Waals surface area contributed by atoms with Gasteiger partial charge >= 0.3 is 12.1 Å². The van der Waals surface area contributed by atoms with Gasteiger partial charge in [-0.25, -0.2) is 0 Å². The zero-order chi connectivity index (χ0) is 22.4. The van der Waals surface area contributed by atoms with Crippen LogP contribution in [-0.4, -0.2) is 12.6 Å². The van der Waals surface area contributed by atoms with Gasteiger partial charge in [0.15, 0.2) is 0 Å². The molecule has 31 heavy (non-hydrogen) atoms. The first-order chi connectivity index (χ1) is 14.7. The summed E-state index contributed by atoms with van der Waals surface area (Å²) in [7, 11) is 0. The van der Waals surface area contributed by atoms with Crippen LogP contribution in [0.1, 0.15) is 23.6 Å². The van der Waals surface area contributed by atoms with E-state index in [0.29, 0.717) is 27.5 Å². The Bertz CT molecular complexity index is 1030. The lowest BCUT2D eigenvalue weighted by atomic mass is 10.00. The van der Waals surface area contributed by atoms with Gasteiger partial charge in [0.25, 0.3) is 0 Å². The summed E-state index contributed by atoms with van der Waals surface area (Å²) in [6.45, 7) is 2.25. The highest BCUT2D eigenvalue weighted by Gasteiger charge is 2.30. The van der Waals surface area contributed by atoms with Gasteiger partial charge in [0.05, 0.1) is 18.6 Å². The van der Waals surface area contributed by atoms with Gasteiger partial charge in [-0.3, -0.25) is 4.79 Å². The fourth-order valence-electron chi connectivity index (χ4n) is 2.99. The molecule has 0 unspecified atom stereocenters. The molecular weight excluding hydrogens is 429 g/mol. The fourth-order valence-corrected chi connectivity index (χ4v) is 3.12. The number of rotatable bonds is 7. The Kier molecular flexibility index (Phi) is 7.23. The highest BCUT2D eigenvalue weighted by molar-refractivity contribution is 6.30. The van der Waals surface area contributed by atoms with Gasteiger partial charge in [-0.05, 0) is 65.6 Å². The first kappa shape index (κ1) is 22.7. The average Bonchev–Trinajstić information content (AvgIpc) is 2.73. The number of hydrogen-bond acceptors (Lipinski definition) is 3. The standard InChI is InChI=1S/C24H20ClF3O3/c1-2-30-23(29)13-17-11-19(18-5-7-20(8-6-18)24(26,27)28)14-22(12-17)31-15-16-3-9-21(25)10-4-16/h3-12,14H,2,13,15H2,1H3. The van der Waals surface area contributed by atoms with E-state index in [4.69, 9.17) is 21.1 Å². The molecule has 3 rings (SSSR count). The molecule has 3 nitrogen and oxygen atoms in total. The third-order valence-electron chi connectivity index (χ3n) is 4.48. The van der Waals surface area contributed by atoms with Crippen molar-refractivity contribution < 1.29 is 27.4 Å². The van der Waals surface area contributed by atoms with Crippen molar-refractivity contribution in [1.82, 2.24) is 0 Å². The Morgan fingerprint density at radius 2 is 1.58 bits per heavy atom. The molecule has 0 amide bonds. The van der Waals surface area contributed by atoms with Gasteiger partial charge in [0.1, 0.15) is 12.4 Å². The zero-order valence-electron chi connectivity index (χ0n) is 16.7. The molecule has 0 radical (unpaired) electrons. The van der Waals surface area contributed by atoms with Crippen LogP contribution in [0.5, 0.6) is 5.75 Å². The summed E-state index contributed by atoms with van der Waals surface area (Å²) in [6, 6.07) is 17.2. The van der Waals surface area contributed by atoms with Crippen molar-refractivity contribution in [2.45, 2.75) is 26.1 Å². The minimum atomic E-state index is -4.41. The molecule has 0 aliphatic carbocycles. The summed E-state index contributed by atoms with van der Waals surface area (Å²) in [6.07, 6.45) is -4.38. The molecule has 0 fully saturated rings. The molecular formula is C24H20ClF3O3. The van der Waals surface area contributed by atoms with E-state index in [1.807, 2.05) is 12.1 Å². The van der Waals surface area contributed by atoms with Crippen LogP contribution >= 0.6 is 11.6 Å². The molecule has 3 aromatic rings. The van der Waals surface area contributed by atoms with Gasteiger partial charge in [0, 0.05) is 5.02 Å². The molecule has 0 spiro atoms. The van der Waals surface area contributed by atoms with Crippen LogP contribution in [0.15, 0.2) is 66.7 Å². The van der Waals surface area contributed by atoms with E-state index in [9.17, 15) is 18.0 Å². The van der Waals surface area contributed by atoms with Gasteiger partial charge in [-0.1, -0.05) is 41.9 Å². The molecule has 0 heterocycles. The molecule has 3 aromatic carbocycles. The molecule has 0 saturated carbocycles. The number of carbonyl (C=O) groups excluding carboxylic acids is 1. The van der Waals surface area contributed by atoms with Crippen LogP contribution in [0.25, 0.3) is 11.1 Å². The Morgan fingerprint density at radius 1 is 0.903 bits per heavy atom. The summed E-state index contributed by atoms with van der Waals surface area (Å²) < 4.78 is 49.5. The van der Waals surface area contributed by atoms with Crippen LogP contribution in [0.4, 0.5) is 13.2 Å². The van der Waals surface area contributed by atoms with Crippen LogP contribution in [-0.2, 0) is 28.7 Å². The minimum absolute atomic E-state index is 0.0274. The van der Waals surface area contributed by atoms with Gasteiger partial charge in [0.2, 0.25) is 0 Å². The maximum absolute atomic E-state index is 12.9. The zero-order valence-corrected chi connectivity index (χ0v) is 17.5. The molecule has 0 bridgehead atoms. The maximum atomic E-state index is 12.9. The molecule has 7 heteroatoms. The van der Waals surface area contributed by atoms with Crippen molar-refractivity contribution in [2.75, 3.05) is 6.61 Å². The summed E-state index contributed by atoms with van der Waals surface area (Å²) in [5, 5.41) is 0.616. The van der Waals surface area contributed by atoms with E-state index in [0.717, 1.165) is 17.7 Å². The smallest absolute Gasteiger partial charge is 0.416 e. The lowest BCUT2D eigenvalue weighted by Gasteiger charge is -2.13. The van der Waals surface area contributed by atoms with Gasteiger partial charge in [-0.2, -0.15) is 13.2 Å². The first-order valence-corrected chi connectivity index (χ1v) is 9.97. The Morgan fingerprint density at radius 3 is 2.19 bits per heavy atom. The maximum Gasteiger partial charge on any atom is 0.416 e. The first-order valence-electron chi connectivity index (χ1n) is 9.59. The monoisotopic (exact) mass is 448 g/mol. The molecule has 0 aromatic heterocycles. The third kappa shape index (κ3) is 6.49. The quantitative estimate of drug-likeness (QED) is 0.377. The van der Waals surface area contributed by atoms with Crippen molar-refractivity contribution in [1.29, 1.82) is 0 Å². The number of esters is 1. The second-order valence-corrected chi connectivity index (χ2v) is 7.27. The highest BCUT2D eigenvalue weighted by atomic mass is 35.5. The van der Waals surface area contributed by atoms with Crippen molar-refractivity contribution in [2.24, 2.45) is 0 Å². The Hall–Kier alpha value is -2.99. The van der Waals surface area contributed by atoms with Gasteiger partial charge in [-0.15, -0.1) is 0 Å². The molecule has 162 valence electrons. The summed E-state index contributed by atoms with van der Waals surface area (Å²) in [5.74, 6) is 0.0994. The molecule has 0 N–H and O–H groups in total. The van der Waals surface area contributed by atoms with E-state index in [1.54, 1.807) is 37.3 Å². The molecule has 0 aliphatic rings. The lowest BCUT2D eigenvalue weighted by Crippen LogP contribution is -2.08. The van der Waals surface area contributed by atoms with Crippen LogP contribution in [0.3, 0.4) is 0 Å². The van der Waals surface area contributed by atoms with E-state index >= 15 is 0 Å². The lowest BCUT2D eigenvalue weighted by molar-refractivity contribution is -0.142. The second kappa shape index (κ2) is 9.88. The third-order valence-corrected chi connectivity index (χ3v) is 4.74. The number of alkyl halides is 3. The predicted molar refractivity (Wildman–Crippen MR) is 113 cm³/mol. The number of carbonyl (C=O) groups is 1. The van der Waals surface area contributed by atoms with Crippen LogP contribution in [0, 0.1) is 0 Å². The fraction of sp³-hybridized carbons (Fsp3) is 0.208. The van der Waals surface area contributed by atoms with Crippen LogP contribution in [0.2, 0.25) is 5.02 Å². The van der Waals surface area contributed by atoms with E-state index < -0.39 is 17.7 Å². The number of halogens is 4. The SMILES string of the molecule is CCOC(=O)Cc1cc(OCc2ccc(Cl)cc2)cc(-c2ccc(C(F)(F)F)cc2)c1. The average molecular weight is 449 g/mol. The van der Waals surface area contributed by atoms with Crippen molar-refractivity contribution in [3.05, 3.63) is 88.4 Å². The largest absolute Gasteiger partial charge is 0.489 e. The van der Waals surface area contributed by atoms with E-state index in [-0.39, 0.29) is 19.6 Å². The van der Waals surface area contributed by atoms with Crippen molar-refractivity contribution in [3.63, 3.8) is 0 Å². The Balaban J connectivity index is 1.88. The molecule has 0 atom stereocenters. The van der Waals surface area contributed by atoms with Crippen molar-refractivity contribution in [3.8, 4) is 16.9 Å². The van der Waals surface area contributed by atoms with E-state index in [1.165, 1.54) is 12.1 Å². The van der Waals surface area contributed by atoms with Crippen LogP contribution < -0.4 is 4.74 Å². The normalized spacial score (nSPS) is 11.3. The Labute approximate surface area is 183 Å². The molecule has 0 saturated heterocycles. The highest BCUT2D eigenvalue weighted by Crippen LogP contribution is 2.32. The summed E-state index contributed by atoms with van der Waals surface area (Å²) >= 11 is 5.90. The number of hydrogen-bond donors (Lipinski definition) is 0. The summed E-state index contributed by atoms with van der Waals surface area (Å²) in [4.78, 5) is 11.9. The summed E-state index contributed by atoms with van der Waals surface area (Å²) in [5.41, 5.74) is 2.04. The molecule has 0 aliphatic heterocycles. The van der Waals surface area contributed by atoms with Crippen molar-refractivity contribution >= 4 is 17.6 Å². The topological polar surface area (TPSA) is 35.5 Å².